The third kappa shape index (κ3) is 1.18. The predicted octanol–water partition coefficient (Wildman–Crippen LogP) is 0.711. The summed E-state index contributed by atoms with van der Waals surface area (Å²) in [6, 6.07) is 0. The first kappa shape index (κ1) is 7.56. The number of fused-ring (bicyclic) bond motifs is 2. The molecule has 2 unspecified atom stereocenters. The summed E-state index contributed by atoms with van der Waals surface area (Å²) in [5.74, 6) is 0.876. The Labute approximate surface area is 68.2 Å². The highest BCUT2D eigenvalue weighted by Crippen LogP contribution is 2.45. The van der Waals surface area contributed by atoms with E-state index in [1.54, 1.807) is 0 Å². The molecule has 2 aliphatic rings. The van der Waals surface area contributed by atoms with E-state index in [1.807, 2.05) is 0 Å². The SMILES string of the molecule is CN1CC2CCC(CO)(C2)C1. The Hall–Kier alpha value is -0.0800. The summed E-state index contributed by atoms with van der Waals surface area (Å²) in [6.45, 7) is 2.76. The molecule has 2 atom stereocenters. The maximum Gasteiger partial charge on any atom is 0.0499 e. The van der Waals surface area contributed by atoms with Crippen LogP contribution in [-0.2, 0) is 0 Å². The first-order chi connectivity index (χ1) is 5.24. The molecule has 2 bridgehead atoms. The van der Waals surface area contributed by atoms with Crippen molar-refractivity contribution in [1.82, 2.24) is 4.90 Å². The van der Waals surface area contributed by atoms with E-state index >= 15 is 0 Å². The molecule has 0 aromatic rings. The Balaban J connectivity index is 2.12. The van der Waals surface area contributed by atoms with Crippen LogP contribution in [0.15, 0.2) is 0 Å². The third-order valence-electron chi connectivity index (χ3n) is 3.32. The van der Waals surface area contributed by atoms with Crippen LogP contribution in [-0.4, -0.2) is 36.8 Å². The van der Waals surface area contributed by atoms with Gasteiger partial charge in [-0.25, -0.2) is 0 Å². The smallest absolute Gasteiger partial charge is 0.0499 e. The summed E-state index contributed by atoms with van der Waals surface area (Å²) in [5, 5.41) is 9.26. The van der Waals surface area contributed by atoms with E-state index < -0.39 is 0 Å². The molecular formula is C9H17NO. The molecule has 64 valence electrons. The van der Waals surface area contributed by atoms with E-state index in [2.05, 4.69) is 11.9 Å². The van der Waals surface area contributed by atoms with Crippen molar-refractivity contribution in [2.24, 2.45) is 11.3 Å². The van der Waals surface area contributed by atoms with E-state index in [0.717, 1.165) is 12.5 Å². The molecule has 0 radical (unpaired) electrons. The van der Waals surface area contributed by atoms with Crippen LogP contribution in [0.1, 0.15) is 19.3 Å². The van der Waals surface area contributed by atoms with Gasteiger partial charge in [-0.05, 0) is 32.2 Å². The van der Waals surface area contributed by atoms with Gasteiger partial charge >= 0.3 is 0 Å². The summed E-state index contributed by atoms with van der Waals surface area (Å²) in [5.41, 5.74) is 0.289. The summed E-state index contributed by atoms with van der Waals surface area (Å²) < 4.78 is 0. The first-order valence-electron chi connectivity index (χ1n) is 4.53. The number of aliphatic hydroxyl groups is 1. The molecule has 1 saturated heterocycles. The van der Waals surface area contributed by atoms with Crippen LogP contribution in [0.4, 0.5) is 0 Å². The van der Waals surface area contributed by atoms with Crippen molar-refractivity contribution in [3.8, 4) is 0 Å². The van der Waals surface area contributed by atoms with Crippen molar-refractivity contribution < 1.29 is 5.11 Å². The summed E-state index contributed by atoms with van der Waals surface area (Å²) >= 11 is 0. The van der Waals surface area contributed by atoms with Crippen LogP contribution in [0.25, 0.3) is 0 Å². The second kappa shape index (κ2) is 2.46. The lowest BCUT2D eigenvalue weighted by atomic mass is 9.83. The van der Waals surface area contributed by atoms with Gasteiger partial charge in [0, 0.05) is 25.1 Å². The Morgan fingerprint density at radius 1 is 1.64 bits per heavy atom. The van der Waals surface area contributed by atoms with Crippen molar-refractivity contribution in [3.05, 3.63) is 0 Å². The average molecular weight is 155 g/mol. The standard InChI is InChI=1S/C9H17NO/c1-10-5-8-2-3-9(4-8,6-10)7-11/h8,11H,2-7H2,1H3. The van der Waals surface area contributed by atoms with Gasteiger partial charge in [0.2, 0.25) is 0 Å². The Bertz CT molecular complexity index is 160. The molecule has 1 heterocycles. The lowest BCUT2D eigenvalue weighted by Crippen LogP contribution is -2.42. The molecule has 11 heavy (non-hydrogen) atoms. The summed E-state index contributed by atoms with van der Waals surface area (Å²) in [6.07, 6.45) is 3.86. The molecule has 2 heteroatoms. The van der Waals surface area contributed by atoms with E-state index in [-0.39, 0.29) is 5.41 Å². The topological polar surface area (TPSA) is 23.5 Å². The molecule has 1 aliphatic heterocycles. The van der Waals surface area contributed by atoms with Gasteiger partial charge in [-0.3, -0.25) is 0 Å². The molecule has 1 N–H and O–H groups in total. The number of aliphatic hydroxyl groups excluding tert-OH is 1. The number of piperidine rings is 1. The van der Waals surface area contributed by atoms with E-state index in [4.69, 9.17) is 0 Å². The molecule has 2 rings (SSSR count). The average Bonchev–Trinajstić information content (AvgIpc) is 2.28. The van der Waals surface area contributed by atoms with E-state index in [9.17, 15) is 5.11 Å². The van der Waals surface area contributed by atoms with Crippen LogP contribution in [0.5, 0.6) is 0 Å². The molecule has 0 spiro atoms. The number of nitrogens with zero attached hydrogens (tertiary/aromatic N) is 1. The maximum atomic E-state index is 9.26. The van der Waals surface area contributed by atoms with Crippen molar-refractivity contribution >= 4 is 0 Å². The highest BCUT2D eigenvalue weighted by molar-refractivity contribution is 4.95. The zero-order chi connectivity index (χ0) is 7.90. The van der Waals surface area contributed by atoms with Gasteiger partial charge in [-0.2, -0.15) is 0 Å². The van der Waals surface area contributed by atoms with Crippen molar-refractivity contribution in [2.75, 3.05) is 26.7 Å². The second-order valence-electron chi connectivity index (χ2n) is 4.46. The van der Waals surface area contributed by atoms with Gasteiger partial charge in [0.05, 0.1) is 0 Å². The number of likely N-dealkylation sites (tertiary alicyclic amines) is 1. The number of hydrogen-bond donors (Lipinski definition) is 1. The maximum absolute atomic E-state index is 9.26. The molecule has 1 aliphatic carbocycles. The van der Waals surface area contributed by atoms with Gasteiger partial charge in [0.25, 0.3) is 0 Å². The fourth-order valence-corrected chi connectivity index (χ4v) is 2.90. The van der Waals surface area contributed by atoms with Crippen molar-refractivity contribution in [2.45, 2.75) is 19.3 Å². The number of hydrogen-bond acceptors (Lipinski definition) is 2. The Morgan fingerprint density at radius 2 is 2.45 bits per heavy atom. The largest absolute Gasteiger partial charge is 0.396 e. The highest BCUT2D eigenvalue weighted by atomic mass is 16.3. The van der Waals surface area contributed by atoms with Gasteiger partial charge < -0.3 is 10.0 Å². The monoisotopic (exact) mass is 155 g/mol. The van der Waals surface area contributed by atoms with Gasteiger partial charge in [0.1, 0.15) is 0 Å². The number of rotatable bonds is 1. The quantitative estimate of drug-likeness (QED) is 0.603. The van der Waals surface area contributed by atoms with Crippen LogP contribution < -0.4 is 0 Å². The zero-order valence-corrected chi connectivity index (χ0v) is 7.21. The Kier molecular flexibility index (Phi) is 1.69. The minimum Gasteiger partial charge on any atom is -0.396 e. The van der Waals surface area contributed by atoms with Crippen LogP contribution in [0, 0.1) is 11.3 Å². The summed E-state index contributed by atoms with van der Waals surface area (Å²) in [7, 11) is 2.17. The van der Waals surface area contributed by atoms with Crippen LogP contribution >= 0.6 is 0 Å². The zero-order valence-electron chi connectivity index (χ0n) is 7.21. The molecule has 2 fully saturated rings. The normalized spacial score (nSPS) is 44.7. The van der Waals surface area contributed by atoms with Gasteiger partial charge in [-0.1, -0.05) is 0 Å². The molecule has 0 aromatic heterocycles. The van der Waals surface area contributed by atoms with Gasteiger partial charge in [-0.15, -0.1) is 0 Å². The Morgan fingerprint density at radius 3 is 3.18 bits per heavy atom. The van der Waals surface area contributed by atoms with Crippen LogP contribution in [0.3, 0.4) is 0 Å². The second-order valence-corrected chi connectivity index (χ2v) is 4.46. The first-order valence-corrected chi connectivity index (χ1v) is 4.53. The van der Waals surface area contributed by atoms with Crippen LogP contribution in [0.2, 0.25) is 0 Å². The minimum absolute atomic E-state index is 0.289. The molecular weight excluding hydrogens is 138 g/mol. The third-order valence-corrected chi connectivity index (χ3v) is 3.32. The fourth-order valence-electron chi connectivity index (χ4n) is 2.90. The lowest BCUT2D eigenvalue weighted by molar-refractivity contribution is 0.0561. The minimum atomic E-state index is 0.289. The van der Waals surface area contributed by atoms with E-state index in [1.165, 1.54) is 25.8 Å². The summed E-state index contributed by atoms with van der Waals surface area (Å²) in [4.78, 5) is 2.37. The lowest BCUT2D eigenvalue weighted by Gasteiger charge is -2.37. The van der Waals surface area contributed by atoms with Crippen molar-refractivity contribution in [1.29, 1.82) is 0 Å². The molecule has 1 saturated carbocycles. The van der Waals surface area contributed by atoms with Gasteiger partial charge in [0.15, 0.2) is 0 Å². The predicted molar refractivity (Wildman–Crippen MR) is 44.4 cm³/mol. The van der Waals surface area contributed by atoms with Crippen molar-refractivity contribution in [3.63, 3.8) is 0 Å². The molecule has 0 amide bonds. The molecule has 0 aromatic carbocycles. The molecule has 2 nitrogen and oxygen atoms in total. The fraction of sp³-hybridized carbons (Fsp3) is 1.00. The van der Waals surface area contributed by atoms with E-state index in [0.29, 0.717) is 6.61 Å². The highest BCUT2D eigenvalue weighted by Gasteiger charge is 2.43.